The first-order valence-electron chi connectivity index (χ1n) is 6.05. The fraction of sp³-hybridized carbons (Fsp3) is 0.429. The van der Waals surface area contributed by atoms with E-state index >= 15 is 0 Å². The first kappa shape index (κ1) is 14.9. The van der Waals surface area contributed by atoms with Crippen molar-refractivity contribution in [2.75, 3.05) is 13.7 Å². The molecule has 0 amide bonds. The summed E-state index contributed by atoms with van der Waals surface area (Å²) in [5.41, 5.74) is 0.749. The standard InChI is InChI=1S/C14H14Br2O3/c1-19-7-8-2-5-12(17)13(14(8)18)10-4-3-9(15)6-11(10)16/h3-4,6,8,13H,2,5,7H2,1H3. The van der Waals surface area contributed by atoms with Crippen molar-refractivity contribution in [3.05, 3.63) is 32.7 Å². The quantitative estimate of drug-likeness (QED) is 0.743. The van der Waals surface area contributed by atoms with Gasteiger partial charge in [0, 0.05) is 28.4 Å². The van der Waals surface area contributed by atoms with Crippen LogP contribution in [0.4, 0.5) is 0 Å². The van der Waals surface area contributed by atoms with E-state index in [9.17, 15) is 9.59 Å². The van der Waals surface area contributed by atoms with Crippen molar-refractivity contribution in [1.82, 2.24) is 0 Å². The van der Waals surface area contributed by atoms with Crippen molar-refractivity contribution < 1.29 is 14.3 Å². The first-order chi connectivity index (χ1) is 9.04. The molecule has 2 rings (SSSR count). The van der Waals surface area contributed by atoms with Gasteiger partial charge in [-0.1, -0.05) is 37.9 Å². The average Bonchev–Trinajstić information content (AvgIpc) is 2.35. The Bertz CT molecular complexity index is 513. The summed E-state index contributed by atoms with van der Waals surface area (Å²) in [5.74, 6) is -0.860. The second-order valence-corrected chi connectivity index (χ2v) is 6.43. The Morgan fingerprint density at radius 1 is 1.32 bits per heavy atom. The topological polar surface area (TPSA) is 43.4 Å². The van der Waals surface area contributed by atoms with Crippen LogP contribution in [-0.4, -0.2) is 25.3 Å². The van der Waals surface area contributed by atoms with Gasteiger partial charge in [0.25, 0.3) is 0 Å². The minimum absolute atomic E-state index is 0.000348. The van der Waals surface area contributed by atoms with Gasteiger partial charge >= 0.3 is 0 Å². The number of halogens is 2. The van der Waals surface area contributed by atoms with Gasteiger partial charge in [-0.05, 0) is 24.1 Å². The molecule has 2 atom stereocenters. The van der Waals surface area contributed by atoms with E-state index < -0.39 is 5.92 Å². The predicted octanol–water partition coefficient (Wildman–Crippen LogP) is 3.49. The number of methoxy groups -OCH3 is 1. The molecule has 0 aliphatic heterocycles. The zero-order chi connectivity index (χ0) is 14.0. The molecular formula is C14H14Br2O3. The molecule has 1 aliphatic carbocycles. The van der Waals surface area contributed by atoms with Gasteiger partial charge in [-0.3, -0.25) is 9.59 Å². The molecule has 19 heavy (non-hydrogen) atoms. The van der Waals surface area contributed by atoms with E-state index in [4.69, 9.17) is 4.74 Å². The van der Waals surface area contributed by atoms with Crippen LogP contribution < -0.4 is 0 Å². The highest BCUT2D eigenvalue weighted by atomic mass is 79.9. The van der Waals surface area contributed by atoms with E-state index in [1.807, 2.05) is 18.2 Å². The first-order valence-corrected chi connectivity index (χ1v) is 7.63. The van der Waals surface area contributed by atoms with Crippen LogP contribution in [0.3, 0.4) is 0 Å². The summed E-state index contributed by atoms with van der Waals surface area (Å²) in [6.45, 7) is 0.386. The monoisotopic (exact) mass is 388 g/mol. The van der Waals surface area contributed by atoms with Gasteiger partial charge in [-0.15, -0.1) is 0 Å². The summed E-state index contributed by atoms with van der Waals surface area (Å²) >= 11 is 6.80. The average molecular weight is 390 g/mol. The van der Waals surface area contributed by atoms with Crippen molar-refractivity contribution in [1.29, 1.82) is 0 Å². The number of Topliss-reactive ketones (excluding diaryl/α,β-unsaturated/α-hetero) is 2. The van der Waals surface area contributed by atoms with Gasteiger partial charge in [0.1, 0.15) is 11.7 Å². The van der Waals surface area contributed by atoms with E-state index in [0.717, 1.165) is 14.5 Å². The largest absolute Gasteiger partial charge is 0.384 e. The van der Waals surface area contributed by atoms with E-state index in [-0.39, 0.29) is 17.5 Å². The lowest BCUT2D eigenvalue weighted by atomic mass is 9.76. The Hall–Kier alpha value is -0.520. The van der Waals surface area contributed by atoms with Gasteiger partial charge < -0.3 is 4.74 Å². The number of hydrogen-bond acceptors (Lipinski definition) is 3. The number of carbonyl (C=O) groups excluding carboxylic acids is 2. The molecule has 1 fully saturated rings. The van der Waals surface area contributed by atoms with E-state index in [1.54, 1.807) is 7.11 Å². The summed E-state index contributed by atoms with van der Waals surface area (Å²) in [7, 11) is 1.58. The van der Waals surface area contributed by atoms with Crippen molar-refractivity contribution in [3.63, 3.8) is 0 Å². The molecule has 0 heterocycles. The zero-order valence-electron chi connectivity index (χ0n) is 10.5. The molecule has 2 unspecified atom stereocenters. The minimum Gasteiger partial charge on any atom is -0.384 e. The number of carbonyl (C=O) groups is 2. The summed E-state index contributed by atoms with van der Waals surface area (Å²) < 4.78 is 6.76. The maximum absolute atomic E-state index is 12.4. The normalized spacial score (nSPS) is 23.7. The molecule has 102 valence electrons. The third kappa shape index (κ3) is 3.15. The maximum atomic E-state index is 12.4. The second kappa shape index (κ2) is 6.29. The summed E-state index contributed by atoms with van der Waals surface area (Å²) in [6, 6.07) is 5.53. The molecule has 0 saturated heterocycles. The Balaban J connectivity index is 2.34. The van der Waals surface area contributed by atoms with Gasteiger partial charge in [-0.2, -0.15) is 0 Å². The molecule has 0 aromatic heterocycles. The lowest BCUT2D eigenvalue weighted by molar-refractivity contribution is -0.136. The van der Waals surface area contributed by atoms with Crippen molar-refractivity contribution >= 4 is 43.4 Å². The molecule has 0 radical (unpaired) electrons. The molecule has 0 spiro atoms. The lowest BCUT2D eigenvalue weighted by Crippen LogP contribution is -2.36. The molecule has 3 nitrogen and oxygen atoms in total. The smallest absolute Gasteiger partial charge is 0.153 e. The van der Waals surface area contributed by atoms with Crippen LogP contribution in [0.25, 0.3) is 0 Å². The van der Waals surface area contributed by atoms with Gasteiger partial charge in [-0.25, -0.2) is 0 Å². The molecule has 1 saturated carbocycles. The van der Waals surface area contributed by atoms with Gasteiger partial charge in [0.15, 0.2) is 5.78 Å². The van der Waals surface area contributed by atoms with E-state index in [2.05, 4.69) is 31.9 Å². The van der Waals surface area contributed by atoms with Crippen LogP contribution in [0.5, 0.6) is 0 Å². The zero-order valence-corrected chi connectivity index (χ0v) is 13.7. The van der Waals surface area contributed by atoms with Crippen LogP contribution in [0, 0.1) is 5.92 Å². The van der Waals surface area contributed by atoms with E-state index in [0.29, 0.717) is 19.4 Å². The Morgan fingerprint density at radius 2 is 2.05 bits per heavy atom. The fourth-order valence-corrected chi connectivity index (χ4v) is 3.70. The van der Waals surface area contributed by atoms with Gasteiger partial charge in [0.05, 0.1) is 6.61 Å². The minimum atomic E-state index is -0.656. The number of ether oxygens (including phenoxy) is 1. The fourth-order valence-electron chi connectivity index (χ4n) is 2.43. The van der Waals surface area contributed by atoms with Crippen LogP contribution >= 0.6 is 31.9 Å². The number of rotatable bonds is 3. The molecular weight excluding hydrogens is 376 g/mol. The molecule has 5 heteroatoms. The van der Waals surface area contributed by atoms with Gasteiger partial charge in [0.2, 0.25) is 0 Å². The third-order valence-corrected chi connectivity index (χ3v) is 4.57. The van der Waals surface area contributed by atoms with Crippen LogP contribution in [0.15, 0.2) is 27.1 Å². The van der Waals surface area contributed by atoms with Crippen LogP contribution in [-0.2, 0) is 14.3 Å². The second-order valence-electron chi connectivity index (χ2n) is 4.66. The molecule has 1 aromatic carbocycles. The van der Waals surface area contributed by atoms with Crippen molar-refractivity contribution in [2.45, 2.75) is 18.8 Å². The molecule has 0 N–H and O–H groups in total. The molecule has 1 aromatic rings. The highest BCUT2D eigenvalue weighted by Crippen LogP contribution is 2.35. The van der Waals surface area contributed by atoms with Crippen molar-refractivity contribution in [2.24, 2.45) is 5.92 Å². The number of benzene rings is 1. The molecule has 1 aliphatic rings. The Kier molecular flexibility index (Phi) is 4.92. The summed E-state index contributed by atoms with van der Waals surface area (Å²) in [4.78, 5) is 24.5. The Labute approximate surface area is 129 Å². The number of hydrogen-bond donors (Lipinski definition) is 0. The summed E-state index contributed by atoms with van der Waals surface area (Å²) in [6.07, 6.45) is 1.03. The Morgan fingerprint density at radius 3 is 2.68 bits per heavy atom. The lowest BCUT2D eigenvalue weighted by Gasteiger charge is -2.27. The number of ketones is 2. The maximum Gasteiger partial charge on any atom is 0.153 e. The SMILES string of the molecule is COCC1CCC(=O)C(c2ccc(Br)cc2Br)C1=O. The summed E-state index contributed by atoms with van der Waals surface area (Å²) in [5, 5.41) is 0. The van der Waals surface area contributed by atoms with Crippen LogP contribution in [0.2, 0.25) is 0 Å². The predicted molar refractivity (Wildman–Crippen MR) is 79.2 cm³/mol. The third-order valence-electron chi connectivity index (χ3n) is 3.39. The highest BCUT2D eigenvalue weighted by molar-refractivity contribution is 9.11. The molecule has 0 bridgehead atoms. The van der Waals surface area contributed by atoms with E-state index in [1.165, 1.54) is 0 Å². The van der Waals surface area contributed by atoms with Crippen LogP contribution in [0.1, 0.15) is 24.3 Å². The highest BCUT2D eigenvalue weighted by Gasteiger charge is 2.38. The van der Waals surface area contributed by atoms with Crippen molar-refractivity contribution in [3.8, 4) is 0 Å².